The van der Waals surface area contributed by atoms with Gasteiger partial charge in [0.15, 0.2) is 0 Å². The van der Waals surface area contributed by atoms with Crippen LogP contribution in [-0.2, 0) is 15.8 Å². The van der Waals surface area contributed by atoms with Crippen molar-refractivity contribution >= 4 is 21.6 Å². The van der Waals surface area contributed by atoms with Crippen LogP contribution in [-0.4, -0.2) is 27.5 Å². The molecule has 7 heteroatoms. The Morgan fingerprint density at radius 1 is 1.50 bits per heavy atom. The van der Waals surface area contributed by atoms with Crippen molar-refractivity contribution in [3.05, 3.63) is 34.6 Å². The highest BCUT2D eigenvalue weighted by Gasteiger charge is 2.21. The van der Waals surface area contributed by atoms with Crippen molar-refractivity contribution in [3.63, 3.8) is 0 Å². The summed E-state index contributed by atoms with van der Waals surface area (Å²) in [6, 6.07) is 3.87. The predicted octanol–water partition coefficient (Wildman–Crippen LogP) is 1.26. The summed E-state index contributed by atoms with van der Waals surface area (Å²) in [4.78, 5) is 0. The summed E-state index contributed by atoms with van der Waals surface area (Å²) < 4.78 is 39.3. The smallest absolute Gasteiger partial charge is 0.216 e. The highest BCUT2D eigenvalue weighted by Crippen LogP contribution is 2.17. The second kappa shape index (κ2) is 5.52. The molecule has 1 aromatic carbocycles. The molecule has 4 nitrogen and oxygen atoms in total. The lowest BCUT2D eigenvalue weighted by molar-refractivity contribution is 0.559. The number of hydrogen-bond acceptors (Lipinski definition) is 3. The first-order valence-corrected chi connectivity index (χ1v) is 7.64. The molecule has 0 saturated carbocycles. The van der Waals surface area contributed by atoms with Crippen LogP contribution in [0.4, 0.5) is 4.39 Å². The van der Waals surface area contributed by atoms with Crippen LogP contribution in [0, 0.1) is 5.82 Å². The summed E-state index contributed by atoms with van der Waals surface area (Å²) in [6.45, 7) is 1.46. The van der Waals surface area contributed by atoms with Crippen LogP contribution in [0.15, 0.2) is 18.2 Å². The Labute approximate surface area is 111 Å². The minimum absolute atomic E-state index is 0.0640. The SMILES string of the molecule is O=S(=O)(Cc1ccc(F)c(Cl)c1)NC1CCNC1. The highest BCUT2D eigenvalue weighted by atomic mass is 35.5. The highest BCUT2D eigenvalue weighted by molar-refractivity contribution is 7.88. The maximum Gasteiger partial charge on any atom is 0.216 e. The van der Waals surface area contributed by atoms with E-state index in [9.17, 15) is 12.8 Å². The van der Waals surface area contributed by atoms with E-state index in [0.29, 0.717) is 12.1 Å². The topological polar surface area (TPSA) is 58.2 Å². The van der Waals surface area contributed by atoms with E-state index in [1.807, 2.05) is 0 Å². The van der Waals surface area contributed by atoms with Crippen LogP contribution in [0.25, 0.3) is 0 Å². The third-order valence-electron chi connectivity index (χ3n) is 2.75. The Kier molecular flexibility index (Phi) is 4.21. The second-order valence-electron chi connectivity index (χ2n) is 4.32. The van der Waals surface area contributed by atoms with Gasteiger partial charge in [0, 0.05) is 12.6 Å². The van der Waals surface area contributed by atoms with E-state index in [1.165, 1.54) is 18.2 Å². The van der Waals surface area contributed by atoms with Gasteiger partial charge in [-0.15, -0.1) is 0 Å². The maximum absolute atomic E-state index is 13.0. The average molecular weight is 293 g/mol. The number of hydrogen-bond donors (Lipinski definition) is 2. The molecule has 1 heterocycles. The maximum atomic E-state index is 13.0. The predicted molar refractivity (Wildman–Crippen MR) is 68.4 cm³/mol. The molecular weight excluding hydrogens is 279 g/mol. The van der Waals surface area contributed by atoms with E-state index in [-0.39, 0.29) is 16.8 Å². The van der Waals surface area contributed by atoms with Gasteiger partial charge in [-0.1, -0.05) is 17.7 Å². The summed E-state index contributed by atoms with van der Waals surface area (Å²) in [5.41, 5.74) is 0.472. The quantitative estimate of drug-likeness (QED) is 0.878. The number of rotatable bonds is 4. The first kappa shape index (κ1) is 13.7. The fourth-order valence-electron chi connectivity index (χ4n) is 1.90. The molecule has 18 heavy (non-hydrogen) atoms. The first-order valence-electron chi connectivity index (χ1n) is 5.61. The molecule has 0 amide bonds. The average Bonchev–Trinajstić information content (AvgIpc) is 2.75. The largest absolute Gasteiger partial charge is 0.315 e. The van der Waals surface area contributed by atoms with Crippen molar-refractivity contribution in [2.75, 3.05) is 13.1 Å². The molecule has 1 aliphatic heterocycles. The van der Waals surface area contributed by atoms with E-state index in [2.05, 4.69) is 10.0 Å². The lowest BCUT2D eigenvalue weighted by Gasteiger charge is -2.12. The van der Waals surface area contributed by atoms with Crippen molar-refractivity contribution in [1.82, 2.24) is 10.0 Å². The Balaban J connectivity index is 2.04. The molecule has 0 spiro atoms. The number of halogens is 2. The zero-order chi connectivity index (χ0) is 13.2. The summed E-state index contributed by atoms with van der Waals surface area (Å²) >= 11 is 5.61. The molecule has 2 rings (SSSR count). The van der Waals surface area contributed by atoms with Crippen LogP contribution in [0.5, 0.6) is 0 Å². The van der Waals surface area contributed by atoms with E-state index in [4.69, 9.17) is 11.6 Å². The molecule has 2 N–H and O–H groups in total. The van der Waals surface area contributed by atoms with Gasteiger partial charge in [0.25, 0.3) is 0 Å². The molecule has 100 valence electrons. The molecule has 0 radical (unpaired) electrons. The van der Waals surface area contributed by atoms with Gasteiger partial charge in [0.05, 0.1) is 10.8 Å². The fraction of sp³-hybridized carbons (Fsp3) is 0.455. The summed E-state index contributed by atoms with van der Waals surface area (Å²) in [5, 5.41) is 3.01. The van der Waals surface area contributed by atoms with Crippen LogP contribution in [0.3, 0.4) is 0 Å². The van der Waals surface area contributed by atoms with Gasteiger partial charge in [-0.2, -0.15) is 0 Å². The number of benzene rings is 1. The van der Waals surface area contributed by atoms with Gasteiger partial charge in [0.1, 0.15) is 5.82 Å². The zero-order valence-corrected chi connectivity index (χ0v) is 11.2. The lowest BCUT2D eigenvalue weighted by atomic mass is 10.2. The molecule has 0 aromatic heterocycles. The van der Waals surface area contributed by atoms with E-state index in [0.717, 1.165) is 13.0 Å². The third kappa shape index (κ3) is 3.65. The van der Waals surface area contributed by atoms with Crippen LogP contribution in [0.2, 0.25) is 5.02 Å². The normalized spacial score (nSPS) is 20.2. The van der Waals surface area contributed by atoms with Crippen LogP contribution >= 0.6 is 11.6 Å². The molecule has 0 bridgehead atoms. The molecule has 1 aromatic rings. The Hall–Kier alpha value is -0.690. The van der Waals surface area contributed by atoms with Crippen molar-refractivity contribution in [2.24, 2.45) is 0 Å². The van der Waals surface area contributed by atoms with Gasteiger partial charge in [-0.05, 0) is 30.7 Å². The van der Waals surface area contributed by atoms with Gasteiger partial charge >= 0.3 is 0 Å². The lowest BCUT2D eigenvalue weighted by Crippen LogP contribution is -2.36. The monoisotopic (exact) mass is 292 g/mol. The van der Waals surface area contributed by atoms with Gasteiger partial charge in [-0.25, -0.2) is 17.5 Å². The minimum atomic E-state index is -3.42. The fourth-order valence-corrected chi connectivity index (χ4v) is 3.51. The van der Waals surface area contributed by atoms with Crippen molar-refractivity contribution in [1.29, 1.82) is 0 Å². The Morgan fingerprint density at radius 3 is 2.89 bits per heavy atom. The third-order valence-corrected chi connectivity index (χ3v) is 4.44. The molecule has 1 unspecified atom stereocenters. The van der Waals surface area contributed by atoms with E-state index in [1.54, 1.807) is 0 Å². The number of sulfonamides is 1. The van der Waals surface area contributed by atoms with Crippen molar-refractivity contribution in [3.8, 4) is 0 Å². The van der Waals surface area contributed by atoms with Crippen molar-refractivity contribution in [2.45, 2.75) is 18.2 Å². The first-order chi connectivity index (χ1) is 8.46. The molecule has 0 aliphatic carbocycles. The van der Waals surface area contributed by atoms with E-state index >= 15 is 0 Å². The molecule has 1 aliphatic rings. The molecule has 1 saturated heterocycles. The van der Waals surface area contributed by atoms with Crippen molar-refractivity contribution < 1.29 is 12.8 Å². The molecular formula is C11H14ClFN2O2S. The summed E-state index contributed by atoms with van der Waals surface area (Å²) in [7, 11) is -3.42. The van der Waals surface area contributed by atoms with Gasteiger partial charge < -0.3 is 5.32 Å². The van der Waals surface area contributed by atoms with Gasteiger partial charge in [0.2, 0.25) is 10.0 Å². The Morgan fingerprint density at radius 2 is 2.28 bits per heavy atom. The number of nitrogens with one attached hydrogen (secondary N) is 2. The minimum Gasteiger partial charge on any atom is -0.315 e. The van der Waals surface area contributed by atoms with Gasteiger partial charge in [-0.3, -0.25) is 0 Å². The standard InChI is InChI=1S/C11H14ClFN2O2S/c12-10-5-8(1-2-11(10)13)7-18(16,17)15-9-3-4-14-6-9/h1-2,5,9,14-15H,3-4,6-7H2. The zero-order valence-electron chi connectivity index (χ0n) is 9.62. The molecule has 1 atom stereocenters. The summed E-state index contributed by atoms with van der Waals surface area (Å²) in [5.74, 6) is -0.741. The van der Waals surface area contributed by atoms with Crippen LogP contribution < -0.4 is 10.0 Å². The Bertz CT molecular complexity index is 530. The second-order valence-corrected chi connectivity index (χ2v) is 6.48. The summed E-state index contributed by atoms with van der Waals surface area (Å²) in [6.07, 6.45) is 0.781. The van der Waals surface area contributed by atoms with E-state index < -0.39 is 15.8 Å². The van der Waals surface area contributed by atoms with Crippen LogP contribution in [0.1, 0.15) is 12.0 Å². The molecule has 1 fully saturated rings.